The number of nitrogens with zero attached hydrogens (tertiary/aromatic N) is 2. The van der Waals surface area contributed by atoms with Crippen LogP contribution in [0.3, 0.4) is 0 Å². The summed E-state index contributed by atoms with van der Waals surface area (Å²) in [4.78, 5) is 17.9. The highest BCUT2D eigenvalue weighted by Crippen LogP contribution is 2.33. The number of rotatable bonds is 4. The quantitative estimate of drug-likeness (QED) is 0.743. The SMILES string of the molecule is O=C(/C=C/c1ccc(C(F)(F)F)nc1N1CCOCC1)Nc1ccc2c(c1)OCCO2. The minimum atomic E-state index is -4.56. The van der Waals surface area contributed by atoms with Crippen molar-refractivity contribution in [3.8, 4) is 11.5 Å². The number of anilines is 2. The van der Waals surface area contributed by atoms with Crippen molar-refractivity contribution in [3.05, 3.63) is 47.7 Å². The predicted octanol–water partition coefficient (Wildman–Crippen LogP) is 3.36. The van der Waals surface area contributed by atoms with Crippen molar-refractivity contribution in [1.82, 2.24) is 4.98 Å². The summed E-state index contributed by atoms with van der Waals surface area (Å²) in [6, 6.07) is 7.25. The van der Waals surface area contributed by atoms with E-state index in [0.29, 0.717) is 62.3 Å². The summed E-state index contributed by atoms with van der Waals surface area (Å²) in [5.41, 5.74) is -0.0584. The monoisotopic (exact) mass is 435 g/mol. The maximum absolute atomic E-state index is 13.1. The first kappa shape index (κ1) is 21.0. The van der Waals surface area contributed by atoms with Crippen molar-refractivity contribution in [3.63, 3.8) is 0 Å². The van der Waals surface area contributed by atoms with Crippen LogP contribution in [0, 0.1) is 0 Å². The number of carbonyl (C=O) groups is 1. The molecule has 2 aliphatic rings. The van der Waals surface area contributed by atoms with Gasteiger partial charge in [-0.1, -0.05) is 0 Å². The topological polar surface area (TPSA) is 72.9 Å². The van der Waals surface area contributed by atoms with Crippen LogP contribution in [0.5, 0.6) is 11.5 Å². The van der Waals surface area contributed by atoms with Crippen LogP contribution in [0.4, 0.5) is 24.7 Å². The molecule has 31 heavy (non-hydrogen) atoms. The Morgan fingerprint density at radius 2 is 1.77 bits per heavy atom. The Morgan fingerprint density at radius 3 is 2.52 bits per heavy atom. The molecule has 0 aliphatic carbocycles. The van der Waals surface area contributed by atoms with E-state index in [1.165, 1.54) is 18.2 Å². The number of hydrogen-bond donors (Lipinski definition) is 1. The van der Waals surface area contributed by atoms with Gasteiger partial charge in [-0.05, 0) is 30.3 Å². The molecule has 7 nitrogen and oxygen atoms in total. The molecule has 0 spiro atoms. The van der Waals surface area contributed by atoms with Gasteiger partial charge >= 0.3 is 6.18 Å². The van der Waals surface area contributed by atoms with Crippen LogP contribution in [0.25, 0.3) is 6.08 Å². The Balaban J connectivity index is 1.52. The van der Waals surface area contributed by atoms with E-state index in [0.717, 1.165) is 6.07 Å². The number of nitrogens with one attached hydrogen (secondary N) is 1. The van der Waals surface area contributed by atoms with Crippen LogP contribution < -0.4 is 19.7 Å². The third kappa shape index (κ3) is 5.08. The average Bonchev–Trinajstić information content (AvgIpc) is 2.77. The fourth-order valence-electron chi connectivity index (χ4n) is 3.25. The van der Waals surface area contributed by atoms with E-state index in [2.05, 4.69) is 10.3 Å². The number of amides is 1. The average molecular weight is 435 g/mol. The van der Waals surface area contributed by atoms with Crippen LogP contribution in [0.1, 0.15) is 11.3 Å². The summed E-state index contributed by atoms with van der Waals surface area (Å²) in [6.45, 7) is 2.51. The molecule has 4 rings (SSSR count). The number of alkyl halides is 3. The van der Waals surface area contributed by atoms with E-state index >= 15 is 0 Å². The standard InChI is InChI=1S/C21H20F3N3O4/c22-21(23,24)18-5-1-14(20(26-18)27-7-9-29-10-8-27)2-6-19(28)25-15-3-4-16-17(13-15)31-12-11-30-16/h1-6,13H,7-12H2,(H,25,28)/b6-2+. The molecular formula is C21H20F3N3O4. The minimum Gasteiger partial charge on any atom is -0.486 e. The molecule has 0 bridgehead atoms. The molecular weight excluding hydrogens is 415 g/mol. The first-order valence-electron chi connectivity index (χ1n) is 9.70. The van der Waals surface area contributed by atoms with Gasteiger partial charge in [0.15, 0.2) is 11.5 Å². The molecule has 3 heterocycles. The molecule has 2 aromatic rings. The fourth-order valence-corrected chi connectivity index (χ4v) is 3.25. The maximum atomic E-state index is 13.1. The molecule has 2 aliphatic heterocycles. The van der Waals surface area contributed by atoms with Gasteiger partial charge in [-0.3, -0.25) is 4.79 Å². The highest BCUT2D eigenvalue weighted by Gasteiger charge is 2.33. The van der Waals surface area contributed by atoms with Gasteiger partial charge in [-0.15, -0.1) is 0 Å². The first-order chi connectivity index (χ1) is 14.9. The predicted molar refractivity (Wildman–Crippen MR) is 107 cm³/mol. The summed E-state index contributed by atoms with van der Waals surface area (Å²) in [6.07, 6.45) is -1.85. The summed E-state index contributed by atoms with van der Waals surface area (Å²) < 4.78 is 55.6. The summed E-state index contributed by atoms with van der Waals surface area (Å²) in [7, 11) is 0. The van der Waals surface area contributed by atoms with E-state index < -0.39 is 17.8 Å². The number of pyridine rings is 1. The molecule has 1 N–H and O–H groups in total. The Hall–Kier alpha value is -3.27. The van der Waals surface area contributed by atoms with Crippen LogP contribution >= 0.6 is 0 Å². The molecule has 0 atom stereocenters. The Bertz CT molecular complexity index is 988. The van der Waals surface area contributed by atoms with E-state index in [9.17, 15) is 18.0 Å². The Kier molecular flexibility index (Phi) is 5.99. The summed E-state index contributed by atoms with van der Waals surface area (Å²) >= 11 is 0. The van der Waals surface area contributed by atoms with Crippen molar-refractivity contribution < 1.29 is 32.2 Å². The minimum absolute atomic E-state index is 0.168. The summed E-state index contributed by atoms with van der Waals surface area (Å²) in [5.74, 6) is 0.867. The molecule has 0 unspecified atom stereocenters. The number of benzene rings is 1. The van der Waals surface area contributed by atoms with E-state index in [1.807, 2.05) is 0 Å². The first-order valence-corrected chi connectivity index (χ1v) is 9.70. The molecule has 1 saturated heterocycles. The number of halogens is 3. The van der Waals surface area contributed by atoms with Crippen LogP contribution in [0.15, 0.2) is 36.4 Å². The Morgan fingerprint density at radius 1 is 1.03 bits per heavy atom. The number of fused-ring (bicyclic) bond motifs is 1. The molecule has 1 aromatic carbocycles. The second-order valence-electron chi connectivity index (χ2n) is 6.89. The van der Waals surface area contributed by atoms with E-state index in [4.69, 9.17) is 14.2 Å². The second-order valence-corrected chi connectivity index (χ2v) is 6.89. The lowest BCUT2D eigenvalue weighted by Crippen LogP contribution is -2.37. The van der Waals surface area contributed by atoms with Gasteiger partial charge in [0.05, 0.1) is 13.2 Å². The molecule has 164 valence electrons. The molecule has 1 amide bonds. The van der Waals surface area contributed by atoms with Gasteiger partial charge in [-0.25, -0.2) is 4.98 Å². The van der Waals surface area contributed by atoms with Crippen LogP contribution in [-0.4, -0.2) is 50.4 Å². The lowest BCUT2D eigenvalue weighted by molar-refractivity contribution is -0.141. The molecule has 1 aromatic heterocycles. The Labute approximate surface area is 176 Å². The smallest absolute Gasteiger partial charge is 0.433 e. The van der Waals surface area contributed by atoms with Crippen molar-refractivity contribution >= 4 is 23.5 Å². The van der Waals surface area contributed by atoms with Gasteiger partial charge < -0.3 is 24.4 Å². The van der Waals surface area contributed by atoms with Crippen molar-refractivity contribution in [2.45, 2.75) is 6.18 Å². The van der Waals surface area contributed by atoms with E-state index in [-0.39, 0.29) is 5.82 Å². The van der Waals surface area contributed by atoms with Gasteiger partial charge in [0.1, 0.15) is 24.7 Å². The largest absolute Gasteiger partial charge is 0.486 e. The van der Waals surface area contributed by atoms with Crippen molar-refractivity contribution in [2.24, 2.45) is 0 Å². The van der Waals surface area contributed by atoms with Crippen molar-refractivity contribution in [2.75, 3.05) is 49.7 Å². The second kappa shape index (κ2) is 8.84. The zero-order valence-electron chi connectivity index (χ0n) is 16.4. The van der Waals surface area contributed by atoms with Crippen LogP contribution in [-0.2, 0) is 15.7 Å². The van der Waals surface area contributed by atoms with Crippen molar-refractivity contribution in [1.29, 1.82) is 0 Å². The summed E-state index contributed by atoms with van der Waals surface area (Å²) in [5, 5.41) is 2.70. The van der Waals surface area contributed by atoms with Gasteiger partial charge in [-0.2, -0.15) is 13.2 Å². The van der Waals surface area contributed by atoms with Gasteiger partial charge in [0, 0.05) is 36.5 Å². The third-order valence-electron chi connectivity index (χ3n) is 4.73. The number of aromatic nitrogens is 1. The molecule has 1 fully saturated rings. The van der Waals surface area contributed by atoms with E-state index in [1.54, 1.807) is 23.1 Å². The maximum Gasteiger partial charge on any atom is 0.433 e. The number of carbonyl (C=O) groups excluding carboxylic acids is 1. The highest BCUT2D eigenvalue weighted by molar-refractivity contribution is 6.02. The fraction of sp³-hybridized carbons (Fsp3) is 0.333. The lowest BCUT2D eigenvalue weighted by Gasteiger charge is -2.29. The molecule has 0 saturated carbocycles. The number of morpholine rings is 1. The number of hydrogen-bond acceptors (Lipinski definition) is 6. The van der Waals surface area contributed by atoms with Crippen LogP contribution in [0.2, 0.25) is 0 Å². The molecule has 0 radical (unpaired) electrons. The zero-order chi connectivity index (χ0) is 21.8. The van der Waals surface area contributed by atoms with Gasteiger partial charge in [0.25, 0.3) is 0 Å². The highest BCUT2D eigenvalue weighted by atomic mass is 19.4. The normalized spacial score (nSPS) is 16.4. The third-order valence-corrected chi connectivity index (χ3v) is 4.73. The number of ether oxygens (including phenoxy) is 3. The molecule has 10 heteroatoms. The lowest BCUT2D eigenvalue weighted by atomic mass is 10.2. The zero-order valence-corrected chi connectivity index (χ0v) is 16.4. The van der Waals surface area contributed by atoms with Gasteiger partial charge in [0.2, 0.25) is 5.91 Å².